The fraction of sp³-hybridized carbons (Fsp3) is 0.562. The van der Waals surface area contributed by atoms with Crippen LogP contribution in [0.3, 0.4) is 0 Å². The van der Waals surface area contributed by atoms with Crippen LogP contribution in [0.5, 0.6) is 5.75 Å². The van der Waals surface area contributed by atoms with Crippen molar-refractivity contribution in [2.75, 3.05) is 25.5 Å². The van der Waals surface area contributed by atoms with Crippen molar-refractivity contribution < 1.29 is 14.6 Å². The van der Waals surface area contributed by atoms with Gasteiger partial charge in [-0.05, 0) is 25.0 Å². The molecule has 0 aromatic heterocycles. The normalized spacial score (nSPS) is 11.2. The molecule has 0 aliphatic rings. The van der Waals surface area contributed by atoms with Crippen LogP contribution in [0, 0.1) is 5.41 Å². The van der Waals surface area contributed by atoms with Crippen LogP contribution in [0.15, 0.2) is 24.3 Å². The number of amides is 1. The summed E-state index contributed by atoms with van der Waals surface area (Å²) >= 11 is 0. The van der Waals surface area contributed by atoms with Crippen LogP contribution in [0.4, 0.5) is 5.69 Å². The third-order valence-corrected chi connectivity index (χ3v) is 3.95. The van der Waals surface area contributed by atoms with Crippen LogP contribution in [0.25, 0.3) is 0 Å². The number of nitrogen functional groups attached to an aromatic ring is 1. The van der Waals surface area contributed by atoms with E-state index in [0.29, 0.717) is 24.6 Å². The predicted octanol–water partition coefficient (Wildman–Crippen LogP) is 1.95. The van der Waals surface area contributed by atoms with Crippen molar-refractivity contribution in [2.24, 2.45) is 5.41 Å². The lowest BCUT2D eigenvalue weighted by atomic mass is 9.83. The summed E-state index contributed by atoms with van der Waals surface area (Å²) < 4.78 is 5.48. The Morgan fingerprint density at radius 3 is 2.67 bits per heavy atom. The molecule has 0 saturated carbocycles. The topological polar surface area (TPSA) is 84.6 Å². The summed E-state index contributed by atoms with van der Waals surface area (Å²) in [6.45, 7) is 4.93. The van der Waals surface area contributed by atoms with Crippen LogP contribution in [0.2, 0.25) is 0 Å². The molecule has 0 heterocycles. The maximum absolute atomic E-state index is 11.8. The van der Waals surface area contributed by atoms with E-state index in [1.165, 1.54) is 0 Å². The van der Waals surface area contributed by atoms with E-state index in [1.54, 1.807) is 18.2 Å². The molecule has 118 valence electrons. The van der Waals surface area contributed by atoms with Gasteiger partial charge in [0.1, 0.15) is 5.75 Å². The number of nitrogens with two attached hydrogens (primary N) is 1. The van der Waals surface area contributed by atoms with Crippen molar-refractivity contribution >= 4 is 11.6 Å². The molecule has 0 radical (unpaired) electrons. The van der Waals surface area contributed by atoms with Gasteiger partial charge in [-0.15, -0.1) is 0 Å². The Bertz CT molecular complexity index is 437. The minimum atomic E-state index is -0.218. The molecule has 21 heavy (non-hydrogen) atoms. The largest absolute Gasteiger partial charge is 0.493 e. The Balaban J connectivity index is 2.31. The summed E-state index contributed by atoms with van der Waals surface area (Å²) in [6.07, 6.45) is 1.95. The minimum Gasteiger partial charge on any atom is -0.493 e. The predicted molar refractivity (Wildman–Crippen MR) is 84.1 cm³/mol. The molecule has 0 aliphatic carbocycles. The van der Waals surface area contributed by atoms with Gasteiger partial charge in [-0.3, -0.25) is 4.79 Å². The average Bonchev–Trinajstić information content (AvgIpc) is 2.49. The highest BCUT2D eigenvalue weighted by atomic mass is 16.5. The van der Waals surface area contributed by atoms with Crippen molar-refractivity contribution in [1.82, 2.24) is 5.32 Å². The van der Waals surface area contributed by atoms with Crippen molar-refractivity contribution in [3.63, 3.8) is 0 Å². The maximum Gasteiger partial charge on any atom is 0.223 e. The van der Waals surface area contributed by atoms with Crippen molar-refractivity contribution in [3.8, 4) is 5.75 Å². The molecule has 0 atom stereocenters. The summed E-state index contributed by atoms with van der Waals surface area (Å²) in [5, 5.41) is 12.3. The van der Waals surface area contributed by atoms with Gasteiger partial charge in [0.05, 0.1) is 19.6 Å². The number of aliphatic hydroxyl groups excluding tert-OH is 1. The van der Waals surface area contributed by atoms with E-state index < -0.39 is 0 Å². The zero-order chi connectivity index (χ0) is 15.7. The number of rotatable bonds is 9. The standard InChI is InChI=1S/C16H26N2O3/c1-3-16(4-2,12-19)11-18-15(20)8-9-21-14-7-5-6-13(17)10-14/h5-7,10,19H,3-4,8-9,11-12,17H2,1-2H3,(H,18,20). The molecule has 0 saturated heterocycles. The molecular weight excluding hydrogens is 268 g/mol. The number of benzene rings is 1. The summed E-state index contributed by atoms with van der Waals surface area (Å²) in [5.74, 6) is 0.591. The summed E-state index contributed by atoms with van der Waals surface area (Å²) in [6, 6.07) is 7.12. The SMILES string of the molecule is CCC(CC)(CO)CNC(=O)CCOc1cccc(N)c1. The first-order valence-corrected chi connectivity index (χ1v) is 7.41. The van der Waals surface area contributed by atoms with E-state index >= 15 is 0 Å². The van der Waals surface area contributed by atoms with Crippen molar-refractivity contribution in [2.45, 2.75) is 33.1 Å². The number of carbonyl (C=O) groups excluding carboxylic acids is 1. The Morgan fingerprint density at radius 2 is 2.10 bits per heavy atom. The molecular formula is C16H26N2O3. The van der Waals surface area contributed by atoms with E-state index in [0.717, 1.165) is 12.8 Å². The van der Waals surface area contributed by atoms with E-state index in [-0.39, 0.29) is 24.3 Å². The van der Waals surface area contributed by atoms with Crippen LogP contribution < -0.4 is 15.8 Å². The maximum atomic E-state index is 11.8. The first-order valence-electron chi connectivity index (χ1n) is 7.41. The average molecular weight is 294 g/mol. The number of hydrogen-bond acceptors (Lipinski definition) is 4. The zero-order valence-electron chi connectivity index (χ0n) is 12.9. The highest BCUT2D eigenvalue weighted by molar-refractivity contribution is 5.76. The van der Waals surface area contributed by atoms with Crippen LogP contribution >= 0.6 is 0 Å². The smallest absolute Gasteiger partial charge is 0.223 e. The van der Waals surface area contributed by atoms with Gasteiger partial charge in [-0.25, -0.2) is 0 Å². The van der Waals surface area contributed by atoms with E-state index in [9.17, 15) is 9.90 Å². The Kier molecular flexibility index (Phi) is 7.02. The fourth-order valence-electron chi connectivity index (χ4n) is 2.02. The molecule has 0 unspecified atom stereocenters. The van der Waals surface area contributed by atoms with Gasteiger partial charge < -0.3 is 20.9 Å². The first kappa shape index (κ1) is 17.3. The quantitative estimate of drug-likeness (QED) is 0.608. The lowest BCUT2D eigenvalue weighted by Gasteiger charge is -2.29. The van der Waals surface area contributed by atoms with Gasteiger partial charge in [0.25, 0.3) is 0 Å². The Hall–Kier alpha value is -1.75. The third kappa shape index (κ3) is 5.63. The van der Waals surface area contributed by atoms with E-state index in [2.05, 4.69) is 5.32 Å². The summed E-state index contributed by atoms with van der Waals surface area (Å²) in [4.78, 5) is 11.8. The fourth-order valence-corrected chi connectivity index (χ4v) is 2.02. The molecule has 0 fully saturated rings. The molecule has 5 nitrogen and oxygen atoms in total. The summed E-state index contributed by atoms with van der Waals surface area (Å²) in [7, 11) is 0. The monoisotopic (exact) mass is 294 g/mol. The number of anilines is 1. The molecule has 0 spiro atoms. The highest BCUT2D eigenvalue weighted by Crippen LogP contribution is 2.24. The molecule has 1 rings (SSSR count). The van der Waals surface area contributed by atoms with Gasteiger partial charge in [0, 0.05) is 23.7 Å². The van der Waals surface area contributed by atoms with E-state index in [1.807, 2.05) is 19.9 Å². The molecule has 1 aromatic carbocycles. The summed E-state index contributed by atoms with van der Waals surface area (Å²) in [5.41, 5.74) is 6.07. The van der Waals surface area contributed by atoms with Gasteiger partial charge in [0.2, 0.25) is 5.91 Å². The Labute approximate surface area is 126 Å². The third-order valence-electron chi connectivity index (χ3n) is 3.95. The lowest BCUT2D eigenvalue weighted by Crippen LogP contribution is -2.39. The van der Waals surface area contributed by atoms with Gasteiger partial charge in [-0.1, -0.05) is 19.9 Å². The van der Waals surface area contributed by atoms with E-state index in [4.69, 9.17) is 10.5 Å². The molecule has 0 aliphatic heterocycles. The zero-order valence-corrected chi connectivity index (χ0v) is 12.9. The van der Waals surface area contributed by atoms with Gasteiger partial charge >= 0.3 is 0 Å². The van der Waals surface area contributed by atoms with Crippen LogP contribution in [-0.4, -0.2) is 30.8 Å². The second kappa shape index (κ2) is 8.52. The number of ether oxygens (including phenoxy) is 1. The van der Waals surface area contributed by atoms with Crippen LogP contribution in [-0.2, 0) is 4.79 Å². The molecule has 1 aromatic rings. The van der Waals surface area contributed by atoms with Gasteiger partial charge in [0.15, 0.2) is 0 Å². The number of hydrogen-bond donors (Lipinski definition) is 3. The Morgan fingerprint density at radius 1 is 1.38 bits per heavy atom. The lowest BCUT2D eigenvalue weighted by molar-refractivity contribution is -0.122. The highest BCUT2D eigenvalue weighted by Gasteiger charge is 2.25. The molecule has 5 heteroatoms. The minimum absolute atomic E-state index is 0.0707. The number of carbonyl (C=O) groups is 1. The van der Waals surface area contributed by atoms with Crippen molar-refractivity contribution in [3.05, 3.63) is 24.3 Å². The number of aliphatic hydroxyl groups is 1. The number of nitrogens with one attached hydrogen (secondary N) is 1. The molecule has 1 amide bonds. The van der Waals surface area contributed by atoms with Gasteiger partial charge in [-0.2, -0.15) is 0 Å². The van der Waals surface area contributed by atoms with Crippen molar-refractivity contribution in [1.29, 1.82) is 0 Å². The molecule has 4 N–H and O–H groups in total. The second-order valence-corrected chi connectivity index (χ2v) is 5.31. The molecule has 0 bridgehead atoms. The first-order chi connectivity index (χ1) is 10.0. The van der Waals surface area contributed by atoms with Crippen LogP contribution in [0.1, 0.15) is 33.1 Å². The second-order valence-electron chi connectivity index (χ2n) is 5.31.